The number of rotatable bonds is 4. The van der Waals surface area contributed by atoms with E-state index in [0.29, 0.717) is 27.3 Å². The number of aromatic hydroxyl groups is 1. The number of esters is 1. The van der Waals surface area contributed by atoms with Gasteiger partial charge in [-0.2, -0.15) is 0 Å². The van der Waals surface area contributed by atoms with E-state index >= 15 is 0 Å². The molecule has 0 atom stereocenters. The summed E-state index contributed by atoms with van der Waals surface area (Å²) in [6.07, 6.45) is 0.163. The summed E-state index contributed by atoms with van der Waals surface area (Å²) < 4.78 is 10.6. The normalized spacial score (nSPS) is 10.9. The van der Waals surface area contributed by atoms with Crippen LogP contribution in [0.15, 0.2) is 22.1 Å². The Kier molecular flexibility index (Phi) is 4.49. The van der Waals surface area contributed by atoms with Crippen molar-refractivity contribution in [1.29, 1.82) is 0 Å². The first kappa shape index (κ1) is 15.7. The highest BCUT2D eigenvalue weighted by atomic mass is 35.5. The van der Waals surface area contributed by atoms with Gasteiger partial charge in [-0.15, -0.1) is 0 Å². The fourth-order valence-electron chi connectivity index (χ4n) is 2.23. The lowest BCUT2D eigenvalue weighted by Gasteiger charge is -2.08. The maximum absolute atomic E-state index is 12.1. The summed E-state index contributed by atoms with van der Waals surface area (Å²) in [6.45, 7) is 7.21. The van der Waals surface area contributed by atoms with Crippen LogP contribution in [0.3, 0.4) is 0 Å². The van der Waals surface area contributed by atoms with E-state index in [2.05, 4.69) is 6.58 Å². The standard InChI is InChI=1S/C15H14Cl2O4/c1-4-20-15(19)12-8(3)21-11-6-10(17)14(18)9(13(11)12)5-7(2)16/h6,18H,2,4-5H2,1,3H3. The Morgan fingerprint density at radius 3 is 2.76 bits per heavy atom. The largest absolute Gasteiger partial charge is 0.506 e. The molecule has 0 saturated heterocycles. The molecule has 0 aliphatic heterocycles. The Bertz CT molecular complexity index is 731. The van der Waals surface area contributed by atoms with Gasteiger partial charge in [-0.05, 0) is 13.8 Å². The minimum Gasteiger partial charge on any atom is -0.506 e. The van der Waals surface area contributed by atoms with E-state index < -0.39 is 5.97 Å². The molecule has 0 radical (unpaired) electrons. The van der Waals surface area contributed by atoms with Crippen LogP contribution in [0.1, 0.15) is 28.6 Å². The second-order valence-corrected chi connectivity index (χ2v) is 5.45. The average Bonchev–Trinajstić information content (AvgIpc) is 2.70. The molecule has 0 fully saturated rings. The molecule has 6 heteroatoms. The van der Waals surface area contributed by atoms with Gasteiger partial charge in [0.1, 0.15) is 22.7 Å². The van der Waals surface area contributed by atoms with Crippen molar-refractivity contribution in [3.8, 4) is 5.75 Å². The van der Waals surface area contributed by atoms with E-state index in [0.717, 1.165) is 0 Å². The molecule has 0 spiro atoms. The number of carbonyl (C=O) groups excluding carboxylic acids is 1. The number of phenols is 1. The number of benzene rings is 1. The molecule has 2 aromatic rings. The van der Waals surface area contributed by atoms with Crippen molar-refractivity contribution in [3.63, 3.8) is 0 Å². The molecular weight excluding hydrogens is 315 g/mol. The second-order valence-electron chi connectivity index (χ2n) is 4.51. The topological polar surface area (TPSA) is 59.7 Å². The molecule has 1 aromatic carbocycles. The van der Waals surface area contributed by atoms with Gasteiger partial charge in [0, 0.05) is 28.5 Å². The van der Waals surface area contributed by atoms with Crippen LogP contribution in [0.4, 0.5) is 0 Å². The number of fused-ring (bicyclic) bond motifs is 1. The Hall–Kier alpha value is -1.65. The zero-order valence-corrected chi connectivity index (χ0v) is 13.1. The van der Waals surface area contributed by atoms with E-state index in [-0.39, 0.29) is 29.4 Å². The van der Waals surface area contributed by atoms with Gasteiger partial charge < -0.3 is 14.3 Å². The van der Waals surface area contributed by atoms with Crippen LogP contribution >= 0.6 is 23.2 Å². The lowest BCUT2D eigenvalue weighted by molar-refractivity contribution is 0.0526. The molecule has 0 saturated carbocycles. The third-order valence-electron chi connectivity index (χ3n) is 3.03. The van der Waals surface area contributed by atoms with Gasteiger partial charge in [-0.3, -0.25) is 0 Å². The van der Waals surface area contributed by atoms with Crippen LogP contribution in [0.5, 0.6) is 5.75 Å². The zero-order valence-electron chi connectivity index (χ0n) is 11.6. The fraction of sp³-hybridized carbons (Fsp3) is 0.267. The monoisotopic (exact) mass is 328 g/mol. The molecule has 4 nitrogen and oxygen atoms in total. The number of halogens is 2. The van der Waals surface area contributed by atoms with Gasteiger partial charge in [0.2, 0.25) is 0 Å². The lowest BCUT2D eigenvalue weighted by Crippen LogP contribution is -2.06. The predicted molar refractivity (Wildman–Crippen MR) is 82.3 cm³/mol. The number of hydrogen-bond donors (Lipinski definition) is 1. The van der Waals surface area contributed by atoms with Crippen LogP contribution in [0, 0.1) is 6.92 Å². The maximum Gasteiger partial charge on any atom is 0.342 e. The van der Waals surface area contributed by atoms with Gasteiger partial charge in [-0.25, -0.2) is 4.79 Å². The van der Waals surface area contributed by atoms with E-state index in [1.165, 1.54) is 6.07 Å². The maximum atomic E-state index is 12.1. The molecule has 0 unspecified atom stereocenters. The highest BCUT2D eigenvalue weighted by Crippen LogP contribution is 2.40. The first-order valence-electron chi connectivity index (χ1n) is 6.30. The molecular formula is C15H14Cl2O4. The summed E-state index contributed by atoms with van der Waals surface area (Å²) in [6, 6.07) is 1.46. The van der Waals surface area contributed by atoms with Crippen LogP contribution in [0.2, 0.25) is 5.02 Å². The van der Waals surface area contributed by atoms with E-state index in [1.807, 2.05) is 0 Å². The smallest absolute Gasteiger partial charge is 0.342 e. The highest BCUT2D eigenvalue weighted by Gasteiger charge is 2.25. The van der Waals surface area contributed by atoms with Crippen LogP contribution in [0.25, 0.3) is 11.0 Å². The van der Waals surface area contributed by atoms with Crippen LogP contribution in [-0.2, 0) is 11.2 Å². The Morgan fingerprint density at radius 2 is 2.19 bits per heavy atom. The van der Waals surface area contributed by atoms with Crippen molar-refractivity contribution >= 4 is 40.1 Å². The molecule has 1 aromatic heterocycles. The number of hydrogen-bond acceptors (Lipinski definition) is 4. The highest BCUT2D eigenvalue weighted by molar-refractivity contribution is 6.33. The molecule has 0 bridgehead atoms. The molecule has 112 valence electrons. The summed E-state index contributed by atoms with van der Waals surface area (Å²) in [7, 11) is 0. The third kappa shape index (κ3) is 2.87. The third-order valence-corrected chi connectivity index (χ3v) is 3.45. The number of ether oxygens (including phenoxy) is 1. The number of aryl methyl sites for hydroxylation is 1. The summed E-state index contributed by atoms with van der Waals surface area (Å²) in [4.78, 5) is 12.1. The quantitative estimate of drug-likeness (QED) is 0.835. The predicted octanol–water partition coefficient (Wildman–Crippen LogP) is 4.57. The number of phenolic OH excluding ortho intramolecular Hbond substituents is 1. The second kappa shape index (κ2) is 6.00. The Balaban J connectivity index is 2.80. The summed E-state index contributed by atoms with van der Waals surface area (Å²) >= 11 is 11.8. The number of furan rings is 1. The van der Waals surface area contributed by atoms with Crippen molar-refractivity contribution in [2.24, 2.45) is 0 Å². The summed E-state index contributed by atoms with van der Waals surface area (Å²) in [5.74, 6) is -0.263. The van der Waals surface area contributed by atoms with Crippen molar-refractivity contribution in [1.82, 2.24) is 0 Å². The minimum atomic E-state index is -0.517. The van der Waals surface area contributed by atoms with Gasteiger partial charge >= 0.3 is 5.97 Å². The first-order chi connectivity index (χ1) is 9.86. The van der Waals surface area contributed by atoms with Gasteiger partial charge in [-0.1, -0.05) is 29.8 Å². The molecule has 1 heterocycles. The van der Waals surface area contributed by atoms with E-state index in [4.69, 9.17) is 32.4 Å². The van der Waals surface area contributed by atoms with Crippen LogP contribution in [-0.4, -0.2) is 17.7 Å². The van der Waals surface area contributed by atoms with Gasteiger partial charge in [0.05, 0.1) is 11.6 Å². The molecule has 21 heavy (non-hydrogen) atoms. The fourth-order valence-corrected chi connectivity index (χ4v) is 2.57. The molecule has 0 aliphatic rings. The SMILES string of the molecule is C=C(Cl)Cc1c(O)c(Cl)cc2oc(C)c(C(=O)OCC)c12. The minimum absolute atomic E-state index is 0.125. The molecule has 2 rings (SSSR count). The molecule has 1 N–H and O–H groups in total. The zero-order chi connectivity index (χ0) is 15.7. The molecule has 0 amide bonds. The Morgan fingerprint density at radius 1 is 1.52 bits per heavy atom. The van der Waals surface area contributed by atoms with Gasteiger partial charge in [0.25, 0.3) is 0 Å². The average molecular weight is 329 g/mol. The Labute approximate surface area is 131 Å². The van der Waals surface area contributed by atoms with Crippen molar-refractivity contribution < 1.29 is 19.1 Å². The van der Waals surface area contributed by atoms with E-state index in [1.54, 1.807) is 13.8 Å². The number of allylic oxidation sites excluding steroid dienone is 1. The first-order valence-corrected chi connectivity index (χ1v) is 7.06. The van der Waals surface area contributed by atoms with Gasteiger partial charge in [0.15, 0.2) is 0 Å². The summed E-state index contributed by atoms with van der Waals surface area (Å²) in [5.41, 5.74) is 1.07. The van der Waals surface area contributed by atoms with E-state index in [9.17, 15) is 9.90 Å². The van der Waals surface area contributed by atoms with Crippen molar-refractivity contribution in [3.05, 3.63) is 39.6 Å². The van der Waals surface area contributed by atoms with Crippen LogP contribution < -0.4 is 0 Å². The van der Waals surface area contributed by atoms with Crippen molar-refractivity contribution in [2.75, 3.05) is 6.61 Å². The summed E-state index contributed by atoms with van der Waals surface area (Å²) in [5, 5.41) is 11.1. The molecule has 0 aliphatic carbocycles. The van der Waals surface area contributed by atoms with Crippen molar-refractivity contribution in [2.45, 2.75) is 20.3 Å². The number of carbonyl (C=O) groups is 1. The lowest BCUT2D eigenvalue weighted by atomic mass is 10.0.